The Morgan fingerprint density at radius 1 is 1.21 bits per heavy atom. The third-order valence-electron chi connectivity index (χ3n) is 5.82. The first-order chi connectivity index (χ1) is 13.7. The fourth-order valence-electron chi connectivity index (χ4n) is 4.31. The van der Waals surface area contributed by atoms with Crippen LogP contribution in [0.5, 0.6) is 0 Å². The van der Waals surface area contributed by atoms with Crippen LogP contribution in [0.3, 0.4) is 0 Å². The number of hydrogen-bond acceptors (Lipinski definition) is 5. The zero-order chi connectivity index (χ0) is 19.3. The largest absolute Gasteiger partial charge is 0.379 e. The second kappa shape index (κ2) is 8.87. The van der Waals surface area contributed by atoms with Gasteiger partial charge < -0.3 is 10.1 Å². The van der Waals surface area contributed by atoms with Crippen LogP contribution in [0.1, 0.15) is 38.1 Å². The van der Waals surface area contributed by atoms with Gasteiger partial charge in [0, 0.05) is 38.4 Å². The SMILES string of the molecule is O=C(Cn1c(=O)n(C2CCCCC2)c2ncccc21)NCCN1CCOCC1. The Hall–Kier alpha value is -2.19. The van der Waals surface area contributed by atoms with Crippen molar-refractivity contribution >= 4 is 17.1 Å². The number of aromatic nitrogens is 3. The molecule has 2 aromatic rings. The first kappa shape index (κ1) is 19.1. The maximum atomic E-state index is 13.1. The normalized spacial score (nSPS) is 19.1. The van der Waals surface area contributed by atoms with Gasteiger partial charge >= 0.3 is 5.69 Å². The second-order valence-corrected chi connectivity index (χ2v) is 7.68. The van der Waals surface area contributed by atoms with Gasteiger partial charge in [0.2, 0.25) is 5.91 Å². The number of hydrogen-bond donors (Lipinski definition) is 1. The predicted molar refractivity (Wildman–Crippen MR) is 106 cm³/mol. The Labute approximate surface area is 164 Å². The number of amides is 1. The molecule has 152 valence electrons. The summed E-state index contributed by atoms with van der Waals surface area (Å²) in [5.74, 6) is -0.137. The summed E-state index contributed by atoms with van der Waals surface area (Å²) in [5.41, 5.74) is 1.31. The molecule has 1 saturated heterocycles. The minimum absolute atomic E-state index is 0.0316. The molecule has 2 aromatic heterocycles. The maximum Gasteiger partial charge on any atom is 0.331 e. The van der Waals surface area contributed by atoms with Crippen molar-refractivity contribution in [2.24, 2.45) is 0 Å². The molecule has 1 N–H and O–H groups in total. The molecule has 8 heteroatoms. The second-order valence-electron chi connectivity index (χ2n) is 7.68. The standard InChI is InChI=1S/C20H29N5O3/c26-18(21-9-10-23-11-13-28-14-12-23)15-24-17-7-4-8-22-19(17)25(20(24)27)16-5-2-1-3-6-16/h4,7-8,16H,1-3,5-6,9-15H2,(H,21,26). The van der Waals surface area contributed by atoms with Crippen LogP contribution in [0.25, 0.3) is 11.2 Å². The van der Waals surface area contributed by atoms with E-state index in [1.165, 1.54) is 6.42 Å². The molecule has 2 aliphatic rings. The molecular formula is C20H29N5O3. The van der Waals surface area contributed by atoms with Crippen LogP contribution in [0.2, 0.25) is 0 Å². The van der Waals surface area contributed by atoms with Crippen molar-refractivity contribution in [2.75, 3.05) is 39.4 Å². The number of carbonyl (C=O) groups is 1. The van der Waals surface area contributed by atoms with Gasteiger partial charge in [0.25, 0.3) is 0 Å². The van der Waals surface area contributed by atoms with Crippen molar-refractivity contribution in [1.29, 1.82) is 0 Å². The Bertz CT molecular complexity index is 862. The van der Waals surface area contributed by atoms with Crippen molar-refractivity contribution < 1.29 is 9.53 Å². The summed E-state index contributed by atoms with van der Waals surface area (Å²) in [7, 11) is 0. The average molecular weight is 387 g/mol. The van der Waals surface area contributed by atoms with E-state index in [9.17, 15) is 9.59 Å². The molecule has 0 aromatic carbocycles. The lowest BCUT2D eigenvalue weighted by Gasteiger charge is -2.26. The molecular weight excluding hydrogens is 358 g/mol. The Morgan fingerprint density at radius 3 is 2.79 bits per heavy atom. The van der Waals surface area contributed by atoms with Gasteiger partial charge in [0.15, 0.2) is 5.65 Å². The number of rotatable bonds is 6. The van der Waals surface area contributed by atoms with Crippen molar-refractivity contribution in [3.8, 4) is 0 Å². The molecule has 2 fully saturated rings. The Balaban J connectivity index is 1.46. The third kappa shape index (κ3) is 4.12. The number of nitrogens with zero attached hydrogens (tertiary/aromatic N) is 4. The van der Waals surface area contributed by atoms with E-state index in [4.69, 9.17) is 4.74 Å². The van der Waals surface area contributed by atoms with Crippen LogP contribution >= 0.6 is 0 Å². The molecule has 1 aliphatic heterocycles. The zero-order valence-corrected chi connectivity index (χ0v) is 16.3. The summed E-state index contributed by atoms with van der Waals surface area (Å²) in [4.78, 5) is 32.4. The van der Waals surface area contributed by atoms with E-state index >= 15 is 0 Å². The van der Waals surface area contributed by atoms with Crippen LogP contribution in [-0.2, 0) is 16.1 Å². The molecule has 28 heavy (non-hydrogen) atoms. The molecule has 0 atom stereocenters. The molecule has 8 nitrogen and oxygen atoms in total. The quantitative estimate of drug-likeness (QED) is 0.804. The van der Waals surface area contributed by atoms with Gasteiger partial charge in [-0.15, -0.1) is 0 Å². The highest BCUT2D eigenvalue weighted by Gasteiger charge is 2.23. The number of ether oxygens (including phenoxy) is 1. The van der Waals surface area contributed by atoms with Crippen LogP contribution < -0.4 is 11.0 Å². The van der Waals surface area contributed by atoms with E-state index in [1.54, 1.807) is 10.8 Å². The Morgan fingerprint density at radius 2 is 2.00 bits per heavy atom. The summed E-state index contributed by atoms with van der Waals surface area (Å²) in [5, 5.41) is 2.95. The molecule has 1 amide bonds. The van der Waals surface area contributed by atoms with Gasteiger partial charge in [-0.2, -0.15) is 0 Å². The van der Waals surface area contributed by atoms with Crippen molar-refractivity contribution in [3.63, 3.8) is 0 Å². The fourth-order valence-corrected chi connectivity index (χ4v) is 4.31. The highest BCUT2D eigenvalue weighted by atomic mass is 16.5. The lowest BCUT2D eigenvalue weighted by molar-refractivity contribution is -0.121. The maximum absolute atomic E-state index is 13.1. The summed E-state index contributed by atoms with van der Waals surface area (Å²) < 4.78 is 8.72. The van der Waals surface area contributed by atoms with Gasteiger partial charge in [-0.05, 0) is 25.0 Å². The monoisotopic (exact) mass is 387 g/mol. The Kier molecular flexibility index (Phi) is 6.07. The fraction of sp³-hybridized carbons (Fsp3) is 0.650. The number of nitrogens with one attached hydrogen (secondary N) is 1. The van der Waals surface area contributed by atoms with E-state index < -0.39 is 0 Å². The number of morpholine rings is 1. The van der Waals surface area contributed by atoms with Crippen molar-refractivity contribution in [1.82, 2.24) is 24.3 Å². The number of pyridine rings is 1. The number of carbonyl (C=O) groups excluding carboxylic acids is 1. The topological polar surface area (TPSA) is 81.4 Å². The molecule has 0 radical (unpaired) electrons. The van der Waals surface area contributed by atoms with E-state index in [-0.39, 0.29) is 24.2 Å². The molecule has 0 bridgehead atoms. The summed E-state index contributed by atoms with van der Waals surface area (Å²) >= 11 is 0. The lowest BCUT2D eigenvalue weighted by Crippen LogP contribution is -2.42. The van der Waals surface area contributed by atoms with E-state index in [1.807, 2.05) is 16.7 Å². The van der Waals surface area contributed by atoms with Gasteiger partial charge in [-0.1, -0.05) is 19.3 Å². The molecule has 1 saturated carbocycles. The van der Waals surface area contributed by atoms with E-state index in [2.05, 4.69) is 15.2 Å². The van der Waals surface area contributed by atoms with Gasteiger partial charge in [-0.3, -0.25) is 18.8 Å². The highest BCUT2D eigenvalue weighted by molar-refractivity contribution is 5.79. The molecule has 0 spiro atoms. The summed E-state index contributed by atoms with van der Waals surface area (Å²) in [6, 6.07) is 3.88. The molecule has 4 rings (SSSR count). The van der Waals surface area contributed by atoms with Gasteiger partial charge in [0.05, 0.1) is 18.7 Å². The van der Waals surface area contributed by atoms with E-state index in [0.29, 0.717) is 12.2 Å². The average Bonchev–Trinajstić information content (AvgIpc) is 3.01. The summed E-state index contributed by atoms with van der Waals surface area (Å²) in [6.45, 7) is 4.70. The smallest absolute Gasteiger partial charge is 0.331 e. The lowest BCUT2D eigenvalue weighted by atomic mass is 9.95. The third-order valence-corrected chi connectivity index (χ3v) is 5.82. The minimum atomic E-state index is -0.137. The summed E-state index contributed by atoms with van der Waals surface area (Å²) in [6.07, 6.45) is 7.22. The number of fused-ring (bicyclic) bond motifs is 1. The van der Waals surface area contributed by atoms with Crippen LogP contribution in [-0.4, -0.2) is 64.3 Å². The van der Waals surface area contributed by atoms with Crippen molar-refractivity contribution in [3.05, 3.63) is 28.8 Å². The van der Waals surface area contributed by atoms with Crippen LogP contribution in [0.15, 0.2) is 23.1 Å². The first-order valence-corrected chi connectivity index (χ1v) is 10.4. The highest BCUT2D eigenvalue weighted by Crippen LogP contribution is 2.29. The molecule has 0 unspecified atom stereocenters. The zero-order valence-electron chi connectivity index (χ0n) is 16.3. The number of imidazole rings is 1. The molecule has 1 aliphatic carbocycles. The predicted octanol–water partition coefficient (Wildman–Crippen LogP) is 1.15. The first-order valence-electron chi connectivity index (χ1n) is 10.4. The van der Waals surface area contributed by atoms with Gasteiger partial charge in [-0.25, -0.2) is 9.78 Å². The van der Waals surface area contributed by atoms with Crippen molar-refractivity contribution in [2.45, 2.75) is 44.7 Å². The minimum Gasteiger partial charge on any atom is -0.379 e. The van der Waals surface area contributed by atoms with E-state index in [0.717, 1.165) is 64.0 Å². The van der Waals surface area contributed by atoms with Crippen LogP contribution in [0, 0.1) is 0 Å². The molecule has 3 heterocycles. The van der Waals surface area contributed by atoms with Gasteiger partial charge in [0.1, 0.15) is 6.54 Å². The van der Waals surface area contributed by atoms with Crippen LogP contribution in [0.4, 0.5) is 0 Å².